The van der Waals surface area contributed by atoms with Crippen LogP contribution < -0.4 is 14.2 Å². The lowest BCUT2D eigenvalue weighted by Crippen LogP contribution is -2.31. The van der Waals surface area contributed by atoms with Gasteiger partial charge in [-0.15, -0.1) is 0 Å². The van der Waals surface area contributed by atoms with Crippen LogP contribution in [0, 0.1) is 0 Å². The summed E-state index contributed by atoms with van der Waals surface area (Å²) in [5.41, 5.74) is 1.08. The van der Waals surface area contributed by atoms with Crippen LogP contribution in [0.2, 0.25) is 5.02 Å². The van der Waals surface area contributed by atoms with Gasteiger partial charge in [-0.1, -0.05) is 48.0 Å². The van der Waals surface area contributed by atoms with Gasteiger partial charge in [0.2, 0.25) is 15.9 Å². The van der Waals surface area contributed by atoms with Crippen molar-refractivity contribution in [2.24, 2.45) is 7.05 Å². The number of aromatic nitrogens is 3. The zero-order valence-corrected chi connectivity index (χ0v) is 22.6. The van der Waals surface area contributed by atoms with Crippen LogP contribution in [-0.4, -0.2) is 37.4 Å². The summed E-state index contributed by atoms with van der Waals surface area (Å²) in [6, 6.07) is 14.5. The Morgan fingerprint density at radius 1 is 1.05 bits per heavy atom. The average Bonchev–Trinajstić information content (AvgIpc) is 3.32. The molecule has 1 N–H and O–H groups in total. The molecule has 0 unspecified atom stereocenters. The number of hydrogen-bond donors (Lipinski definition) is 1. The molecule has 2 aromatic carbocycles. The van der Waals surface area contributed by atoms with E-state index in [1.165, 1.54) is 27.5 Å². The first-order valence-electron chi connectivity index (χ1n) is 11.5. The Morgan fingerprint density at radius 2 is 1.72 bits per heavy atom. The van der Waals surface area contributed by atoms with E-state index in [-0.39, 0.29) is 6.42 Å². The number of nitrogens with one attached hydrogen (secondary N) is 1. The molecule has 0 radical (unpaired) electrons. The van der Waals surface area contributed by atoms with E-state index in [4.69, 9.17) is 21.1 Å². The average molecular weight is 581 g/mol. The van der Waals surface area contributed by atoms with Crippen molar-refractivity contribution >= 4 is 21.6 Å². The van der Waals surface area contributed by atoms with Crippen LogP contribution in [0.1, 0.15) is 22.9 Å². The number of hydrogen-bond acceptors (Lipinski definition) is 6. The third-order valence-corrected chi connectivity index (χ3v) is 7.56. The minimum absolute atomic E-state index is 0.145. The van der Waals surface area contributed by atoms with Gasteiger partial charge in [0.25, 0.3) is 0 Å². The van der Waals surface area contributed by atoms with E-state index in [2.05, 4.69) is 14.8 Å². The molecule has 1 atom stereocenters. The van der Waals surface area contributed by atoms with Gasteiger partial charge in [0.1, 0.15) is 10.6 Å². The van der Waals surface area contributed by atoms with Crippen LogP contribution in [0.5, 0.6) is 11.6 Å². The van der Waals surface area contributed by atoms with Crippen molar-refractivity contribution in [3.05, 3.63) is 88.8 Å². The monoisotopic (exact) mass is 580 g/mol. The molecule has 206 valence electrons. The van der Waals surface area contributed by atoms with Crippen molar-refractivity contribution in [2.45, 2.75) is 23.5 Å². The molecule has 0 saturated carbocycles. The molecule has 2 aromatic heterocycles. The van der Waals surface area contributed by atoms with Gasteiger partial charge in [-0.25, -0.2) is 18.1 Å². The first kappa shape index (κ1) is 28.4. The highest BCUT2D eigenvalue weighted by Gasteiger charge is 2.41. The molecule has 2 heterocycles. The zero-order chi connectivity index (χ0) is 28.4. The van der Waals surface area contributed by atoms with Gasteiger partial charge in [0, 0.05) is 25.0 Å². The first-order valence-corrected chi connectivity index (χ1v) is 13.3. The first-order chi connectivity index (χ1) is 18.4. The van der Waals surface area contributed by atoms with Gasteiger partial charge < -0.3 is 9.47 Å². The number of pyridine rings is 1. The minimum Gasteiger partial charge on any atom is -0.497 e. The molecular formula is C26H24ClF3N4O4S. The molecule has 0 amide bonds. The van der Waals surface area contributed by atoms with Crippen LogP contribution in [0.3, 0.4) is 0 Å². The van der Waals surface area contributed by atoms with Crippen molar-refractivity contribution in [3.8, 4) is 22.8 Å². The molecule has 8 nitrogen and oxygen atoms in total. The van der Waals surface area contributed by atoms with E-state index in [1.807, 2.05) is 0 Å². The number of methoxy groups -OCH3 is 2. The Hall–Kier alpha value is -3.61. The highest BCUT2D eigenvalue weighted by atomic mass is 35.5. The van der Waals surface area contributed by atoms with Crippen LogP contribution >= 0.6 is 11.6 Å². The van der Waals surface area contributed by atoms with Gasteiger partial charge in [-0.2, -0.15) is 18.3 Å². The third kappa shape index (κ3) is 6.52. The van der Waals surface area contributed by atoms with Crippen molar-refractivity contribution in [1.29, 1.82) is 0 Å². The van der Waals surface area contributed by atoms with Crippen LogP contribution in [0.15, 0.2) is 71.9 Å². The van der Waals surface area contributed by atoms with E-state index < -0.39 is 32.8 Å². The predicted molar refractivity (Wildman–Crippen MR) is 139 cm³/mol. The van der Waals surface area contributed by atoms with Gasteiger partial charge >= 0.3 is 6.18 Å². The quantitative estimate of drug-likeness (QED) is 0.283. The van der Waals surface area contributed by atoms with Gasteiger partial charge in [0.05, 0.1) is 25.3 Å². The standard InChI is InChI=1S/C26H24ClF3N4O4S/c1-34-15-23(24(32-34)26(28,29)30)39(35,36)33-22(12-16-4-10-20(37-2)11-5-16)18-8-6-17(7-9-18)21-13-19(27)14-31-25(21)38-3/h4-11,13-15,22,33H,12H2,1-3H3/t22-/m0/s1. The maximum atomic E-state index is 13.6. The van der Waals surface area contributed by atoms with Gasteiger partial charge in [0.15, 0.2) is 5.69 Å². The van der Waals surface area contributed by atoms with Crippen molar-refractivity contribution in [3.63, 3.8) is 0 Å². The summed E-state index contributed by atoms with van der Waals surface area (Å²) < 4.78 is 81.0. The minimum atomic E-state index is -4.96. The van der Waals surface area contributed by atoms with E-state index in [9.17, 15) is 21.6 Å². The van der Waals surface area contributed by atoms with Crippen LogP contribution in [0.4, 0.5) is 13.2 Å². The van der Waals surface area contributed by atoms with E-state index in [1.54, 1.807) is 54.6 Å². The zero-order valence-electron chi connectivity index (χ0n) is 21.0. The van der Waals surface area contributed by atoms with Gasteiger partial charge in [-0.05, 0) is 41.3 Å². The molecule has 0 aliphatic heterocycles. The molecule has 13 heteroatoms. The molecular weight excluding hydrogens is 557 g/mol. The number of ether oxygens (including phenoxy) is 2. The number of aryl methyl sites for hydroxylation is 1. The summed E-state index contributed by atoms with van der Waals surface area (Å²) >= 11 is 6.10. The second kappa shape index (κ2) is 11.2. The molecule has 0 aliphatic carbocycles. The predicted octanol–water partition coefficient (Wildman–Crippen LogP) is 5.43. The Labute approximate surface area is 228 Å². The number of halogens is 4. The number of alkyl halides is 3. The Balaban J connectivity index is 1.73. The second-order valence-corrected chi connectivity index (χ2v) is 10.7. The largest absolute Gasteiger partial charge is 0.497 e. The molecule has 0 saturated heterocycles. The molecule has 39 heavy (non-hydrogen) atoms. The Kier molecular flexibility index (Phi) is 8.19. The third-order valence-electron chi connectivity index (χ3n) is 5.88. The highest BCUT2D eigenvalue weighted by molar-refractivity contribution is 7.89. The fourth-order valence-corrected chi connectivity index (χ4v) is 5.61. The van der Waals surface area contributed by atoms with Crippen molar-refractivity contribution in [2.75, 3.05) is 14.2 Å². The number of rotatable bonds is 9. The molecule has 4 aromatic rings. The van der Waals surface area contributed by atoms with E-state index in [0.29, 0.717) is 33.3 Å². The van der Waals surface area contributed by atoms with Gasteiger partial charge in [-0.3, -0.25) is 4.68 Å². The van der Waals surface area contributed by atoms with Crippen LogP contribution in [0.25, 0.3) is 11.1 Å². The summed E-state index contributed by atoms with van der Waals surface area (Å²) in [7, 11) is -0.423. The van der Waals surface area contributed by atoms with Crippen molar-refractivity contribution < 1.29 is 31.1 Å². The lowest BCUT2D eigenvalue weighted by Gasteiger charge is -2.20. The molecule has 4 rings (SSSR count). The summed E-state index contributed by atoms with van der Waals surface area (Å²) in [4.78, 5) is 3.20. The highest BCUT2D eigenvalue weighted by Crippen LogP contribution is 2.35. The smallest absolute Gasteiger partial charge is 0.436 e. The van der Waals surface area contributed by atoms with Crippen LogP contribution in [-0.2, 0) is 29.7 Å². The fourth-order valence-electron chi connectivity index (χ4n) is 4.03. The number of sulfonamides is 1. The number of benzene rings is 2. The molecule has 0 spiro atoms. The normalized spacial score (nSPS) is 12.8. The lowest BCUT2D eigenvalue weighted by atomic mass is 9.97. The number of nitrogens with zero attached hydrogens (tertiary/aromatic N) is 3. The summed E-state index contributed by atoms with van der Waals surface area (Å²) in [5, 5.41) is 3.73. The van der Waals surface area contributed by atoms with E-state index >= 15 is 0 Å². The van der Waals surface area contributed by atoms with Crippen molar-refractivity contribution in [1.82, 2.24) is 19.5 Å². The molecule has 0 bridgehead atoms. The summed E-state index contributed by atoms with van der Waals surface area (Å²) in [5.74, 6) is 0.952. The fraction of sp³-hybridized carbons (Fsp3) is 0.231. The second-order valence-electron chi connectivity index (χ2n) is 8.57. The summed E-state index contributed by atoms with van der Waals surface area (Å²) in [6.45, 7) is 0. The molecule has 0 aliphatic rings. The maximum Gasteiger partial charge on any atom is 0.436 e. The lowest BCUT2D eigenvalue weighted by molar-refractivity contribution is -0.143. The molecule has 0 fully saturated rings. The Morgan fingerprint density at radius 3 is 2.31 bits per heavy atom. The SMILES string of the molecule is COc1ccc(C[C@H](NS(=O)(=O)c2cn(C)nc2C(F)(F)F)c2ccc(-c3cc(Cl)cnc3OC)cc2)cc1. The topological polar surface area (TPSA) is 95.3 Å². The Bertz CT molecular complexity index is 1560. The summed E-state index contributed by atoms with van der Waals surface area (Å²) in [6.07, 6.45) is -2.53. The maximum absolute atomic E-state index is 13.6. The van der Waals surface area contributed by atoms with E-state index in [0.717, 1.165) is 16.4 Å².